The third kappa shape index (κ3) is 8.94. The van der Waals surface area contributed by atoms with Gasteiger partial charge in [-0.2, -0.15) is 0 Å². The second-order valence-corrected chi connectivity index (χ2v) is 11.0. The summed E-state index contributed by atoms with van der Waals surface area (Å²) in [5.41, 5.74) is 3.19. The molecular weight excluding hydrogens is 537 g/mol. The second-order valence-electron chi connectivity index (χ2n) is 11.0. The molecule has 1 aliphatic carbocycles. The molecular formula is C32H48FN5O4. The predicted octanol–water partition coefficient (Wildman–Crippen LogP) is 4.47. The number of hydrogen-bond acceptors (Lipinski definition) is 7. The van der Waals surface area contributed by atoms with Gasteiger partial charge in [0.1, 0.15) is 18.5 Å². The number of rotatable bonds is 16. The van der Waals surface area contributed by atoms with Gasteiger partial charge in [0, 0.05) is 38.6 Å². The molecule has 2 aliphatic rings. The Morgan fingerprint density at radius 3 is 2.67 bits per heavy atom. The van der Waals surface area contributed by atoms with E-state index in [2.05, 4.69) is 27.8 Å². The minimum Gasteiger partial charge on any atom is -0.480 e. The number of methoxy groups -OCH3 is 1. The summed E-state index contributed by atoms with van der Waals surface area (Å²) in [6.45, 7) is 7.66. The van der Waals surface area contributed by atoms with Crippen LogP contribution < -0.4 is 10.6 Å². The van der Waals surface area contributed by atoms with E-state index in [0.29, 0.717) is 38.2 Å². The minimum absolute atomic E-state index is 0.207. The van der Waals surface area contributed by atoms with E-state index < -0.39 is 30.2 Å². The van der Waals surface area contributed by atoms with E-state index in [1.54, 1.807) is 6.20 Å². The van der Waals surface area contributed by atoms with Crippen LogP contribution in [0.25, 0.3) is 0 Å². The lowest BCUT2D eigenvalue weighted by molar-refractivity contribution is -0.142. The van der Waals surface area contributed by atoms with Gasteiger partial charge in [-0.15, -0.1) is 0 Å². The molecule has 0 radical (unpaired) electrons. The SMILES string of the molecule is CC.COC(CF)CN(CCCCc1ccc2c(n1)NCCC2)CCC(NC(=O)C1(c2ncccc2C)CC1)C(=O)O. The number of fused-ring (bicyclic) bond motifs is 1. The van der Waals surface area contributed by atoms with Crippen LogP contribution in [0.1, 0.15) is 74.9 Å². The highest BCUT2D eigenvalue weighted by molar-refractivity contribution is 5.93. The number of nitrogens with zero attached hydrogens (tertiary/aromatic N) is 3. The molecule has 10 heteroatoms. The lowest BCUT2D eigenvalue weighted by atomic mass is 9.96. The summed E-state index contributed by atoms with van der Waals surface area (Å²) in [7, 11) is 1.48. The lowest BCUT2D eigenvalue weighted by Crippen LogP contribution is -2.48. The van der Waals surface area contributed by atoms with Crippen molar-refractivity contribution in [2.45, 2.75) is 89.7 Å². The van der Waals surface area contributed by atoms with Crippen LogP contribution in [-0.2, 0) is 32.6 Å². The van der Waals surface area contributed by atoms with Gasteiger partial charge in [-0.25, -0.2) is 14.2 Å². The third-order valence-electron chi connectivity index (χ3n) is 8.06. The van der Waals surface area contributed by atoms with Crippen molar-refractivity contribution >= 4 is 17.7 Å². The molecule has 9 nitrogen and oxygen atoms in total. The van der Waals surface area contributed by atoms with Crippen LogP contribution in [0, 0.1) is 6.92 Å². The highest BCUT2D eigenvalue weighted by atomic mass is 19.1. The summed E-state index contributed by atoms with van der Waals surface area (Å²) >= 11 is 0. The van der Waals surface area contributed by atoms with Gasteiger partial charge in [-0.1, -0.05) is 26.0 Å². The number of carboxylic acid groups (broad SMARTS) is 1. The Bertz CT molecular complexity index is 1160. The van der Waals surface area contributed by atoms with E-state index in [9.17, 15) is 19.1 Å². The fraction of sp³-hybridized carbons (Fsp3) is 0.625. The molecule has 4 rings (SSSR count). The number of carboxylic acids is 1. The first-order valence-electron chi connectivity index (χ1n) is 15.4. The number of halogens is 1. The normalized spacial score (nSPS) is 16.3. The maximum Gasteiger partial charge on any atom is 0.326 e. The first-order valence-corrected chi connectivity index (χ1v) is 15.4. The number of aromatic nitrogens is 2. The molecule has 42 heavy (non-hydrogen) atoms. The predicted molar refractivity (Wildman–Crippen MR) is 163 cm³/mol. The van der Waals surface area contributed by atoms with Gasteiger partial charge < -0.3 is 25.4 Å². The molecule has 1 amide bonds. The molecule has 2 aromatic heterocycles. The molecule has 0 aromatic carbocycles. The van der Waals surface area contributed by atoms with Crippen molar-refractivity contribution in [3.63, 3.8) is 0 Å². The van der Waals surface area contributed by atoms with Gasteiger partial charge in [0.05, 0.1) is 17.2 Å². The molecule has 0 spiro atoms. The van der Waals surface area contributed by atoms with E-state index in [1.165, 1.54) is 12.7 Å². The molecule has 3 N–H and O–H groups in total. The summed E-state index contributed by atoms with van der Waals surface area (Å²) in [6.07, 6.45) is 7.35. The Hall–Kier alpha value is -3.11. The average Bonchev–Trinajstić information content (AvgIpc) is 3.82. The summed E-state index contributed by atoms with van der Waals surface area (Å²) in [6, 6.07) is 6.94. The van der Waals surface area contributed by atoms with Crippen molar-refractivity contribution in [2.24, 2.45) is 0 Å². The van der Waals surface area contributed by atoms with Crippen LogP contribution in [0.4, 0.5) is 10.2 Å². The third-order valence-corrected chi connectivity index (χ3v) is 8.06. The van der Waals surface area contributed by atoms with Crippen LogP contribution in [0.15, 0.2) is 30.5 Å². The van der Waals surface area contributed by atoms with Crippen LogP contribution in [0.5, 0.6) is 0 Å². The summed E-state index contributed by atoms with van der Waals surface area (Å²) in [5.74, 6) is -0.384. The number of ether oxygens (including phenoxy) is 1. The molecule has 1 saturated carbocycles. The zero-order valence-corrected chi connectivity index (χ0v) is 25.6. The number of aliphatic carboxylic acids is 1. The number of carbonyl (C=O) groups is 2. The topological polar surface area (TPSA) is 117 Å². The molecule has 0 saturated heterocycles. The Morgan fingerprint density at radius 2 is 2.00 bits per heavy atom. The summed E-state index contributed by atoms with van der Waals surface area (Å²) < 4.78 is 18.7. The van der Waals surface area contributed by atoms with Crippen molar-refractivity contribution in [1.29, 1.82) is 0 Å². The largest absolute Gasteiger partial charge is 0.480 e. The number of pyridine rings is 2. The fourth-order valence-electron chi connectivity index (χ4n) is 5.47. The van der Waals surface area contributed by atoms with Gasteiger partial charge in [-0.05, 0) is 88.1 Å². The molecule has 2 unspecified atom stereocenters. The van der Waals surface area contributed by atoms with E-state index in [4.69, 9.17) is 9.72 Å². The molecule has 1 fully saturated rings. The molecule has 2 atom stereocenters. The van der Waals surface area contributed by atoms with Gasteiger partial charge >= 0.3 is 5.97 Å². The maximum atomic E-state index is 13.5. The lowest BCUT2D eigenvalue weighted by Gasteiger charge is -2.27. The first kappa shape index (κ1) is 33.4. The van der Waals surface area contributed by atoms with Crippen LogP contribution in [-0.4, -0.2) is 84.0 Å². The number of nitrogens with one attached hydrogen (secondary N) is 2. The number of amides is 1. The van der Waals surface area contributed by atoms with Crippen molar-refractivity contribution < 1.29 is 23.8 Å². The van der Waals surface area contributed by atoms with Crippen molar-refractivity contribution in [2.75, 3.05) is 45.3 Å². The highest BCUT2D eigenvalue weighted by Crippen LogP contribution is 2.48. The van der Waals surface area contributed by atoms with Gasteiger partial charge in [0.15, 0.2) is 0 Å². The van der Waals surface area contributed by atoms with E-state index in [-0.39, 0.29) is 12.3 Å². The van der Waals surface area contributed by atoms with Crippen LogP contribution in [0.2, 0.25) is 0 Å². The second kappa shape index (κ2) is 16.5. The maximum absolute atomic E-state index is 13.5. The molecule has 3 heterocycles. The van der Waals surface area contributed by atoms with Crippen LogP contribution >= 0.6 is 0 Å². The zero-order valence-electron chi connectivity index (χ0n) is 25.6. The standard InChI is InChI=1S/C30H42FN5O4.C2H6/c1-21-7-5-15-32-26(21)30(13-14-30)29(39)35-25(28(37)38)12-18-36(20-24(19-31)40-2)17-4-3-9-23-11-10-22-8-6-16-33-27(22)34-23;1-2/h5,7,10-11,15,24-25H,3-4,6,8-9,12-14,16-20H2,1-2H3,(H,33,34)(H,35,39)(H,37,38);1-2H3. The van der Waals surface area contributed by atoms with Gasteiger partial charge in [0.2, 0.25) is 5.91 Å². The molecule has 2 aromatic rings. The number of alkyl halides is 1. The number of hydrogen-bond donors (Lipinski definition) is 3. The van der Waals surface area contributed by atoms with E-state index in [0.717, 1.165) is 55.7 Å². The van der Waals surface area contributed by atoms with Crippen molar-refractivity contribution in [3.05, 3.63) is 53.0 Å². The van der Waals surface area contributed by atoms with Gasteiger partial charge in [0.25, 0.3) is 0 Å². The Kier molecular flexibility index (Phi) is 13.1. The van der Waals surface area contributed by atoms with Crippen molar-refractivity contribution in [3.8, 4) is 0 Å². The minimum atomic E-state index is -1.08. The molecule has 232 valence electrons. The Labute approximate surface area is 249 Å². The average molecular weight is 586 g/mol. The Balaban J connectivity index is 0.00000237. The molecule has 0 bridgehead atoms. The first-order chi connectivity index (χ1) is 20.4. The van der Waals surface area contributed by atoms with E-state index in [1.807, 2.05) is 37.8 Å². The smallest absolute Gasteiger partial charge is 0.326 e. The van der Waals surface area contributed by atoms with E-state index >= 15 is 0 Å². The number of unbranched alkanes of at least 4 members (excludes halogenated alkanes) is 1. The number of aryl methyl sites for hydroxylation is 3. The zero-order chi connectivity index (χ0) is 30.5. The quantitative estimate of drug-likeness (QED) is 0.247. The van der Waals surface area contributed by atoms with Gasteiger partial charge in [-0.3, -0.25) is 9.78 Å². The highest BCUT2D eigenvalue weighted by Gasteiger charge is 2.53. The van der Waals surface area contributed by atoms with Crippen LogP contribution in [0.3, 0.4) is 0 Å². The molecule has 1 aliphatic heterocycles. The van der Waals surface area contributed by atoms with Crippen molar-refractivity contribution in [1.82, 2.24) is 20.2 Å². The number of anilines is 1. The Morgan fingerprint density at radius 1 is 1.21 bits per heavy atom. The summed E-state index contributed by atoms with van der Waals surface area (Å²) in [4.78, 5) is 36.6. The fourth-order valence-corrected chi connectivity index (χ4v) is 5.47. The monoisotopic (exact) mass is 585 g/mol. The summed E-state index contributed by atoms with van der Waals surface area (Å²) in [5, 5.41) is 16.0. The number of carbonyl (C=O) groups excluding carboxylic acids is 1.